The van der Waals surface area contributed by atoms with Crippen molar-refractivity contribution >= 4 is 30.0 Å². The predicted molar refractivity (Wildman–Crippen MR) is 122 cm³/mol. The summed E-state index contributed by atoms with van der Waals surface area (Å²) >= 11 is 1.52. The third kappa shape index (κ3) is 5.14. The second-order valence-electron chi connectivity index (χ2n) is 10.3. The molecule has 7 heteroatoms. The van der Waals surface area contributed by atoms with E-state index in [1.54, 1.807) is 0 Å². The minimum absolute atomic E-state index is 0.153. The second kappa shape index (κ2) is 9.33. The van der Waals surface area contributed by atoms with Crippen molar-refractivity contribution in [2.45, 2.75) is 82.6 Å². The highest BCUT2D eigenvalue weighted by Gasteiger charge is 2.55. The number of thioether (sulfide) groups is 1. The van der Waals surface area contributed by atoms with E-state index < -0.39 is 16.6 Å². The molecule has 1 aromatic rings. The lowest BCUT2D eigenvalue weighted by atomic mass is 9.79. The van der Waals surface area contributed by atoms with Crippen molar-refractivity contribution in [2.24, 2.45) is 0 Å². The summed E-state index contributed by atoms with van der Waals surface area (Å²) in [6, 6.07) is 3.29. The zero-order valence-corrected chi connectivity index (χ0v) is 20.6. The maximum absolute atomic E-state index is 13.1. The number of likely N-dealkylation sites (tertiary alicyclic amines) is 1. The Morgan fingerprint density at radius 1 is 1.16 bits per heavy atom. The quantitative estimate of drug-likeness (QED) is 0.389. The summed E-state index contributed by atoms with van der Waals surface area (Å²) in [5.74, 6) is 0.514. The molecule has 2 rings (SSSR count). The van der Waals surface area contributed by atoms with E-state index in [-0.39, 0.29) is 23.2 Å². The van der Waals surface area contributed by atoms with Gasteiger partial charge in [-0.15, -0.1) is 11.8 Å². The van der Waals surface area contributed by atoms with Crippen LogP contribution in [0.4, 0.5) is 4.79 Å². The fourth-order valence-electron chi connectivity index (χ4n) is 4.20. The van der Waals surface area contributed by atoms with Gasteiger partial charge in [0.2, 0.25) is 0 Å². The van der Waals surface area contributed by atoms with E-state index in [4.69, 9.17) is 4.74 Å². The van der Waals surface area contributed by atoms with E-state index in [9.17, 15) is 19.5 Å². The van der Waals surface area contributed by atoms with Gasteiger partial charge in [-0.25, -0.2) is 4.79 Å². The summed E-state index contributed by atoms with van der Waals surface area (Å²) in [5.41, 5.74) is 1.27. The van der Waals surface area contributed by atoms with Gasteiger partial charge in [-0.1, -0.05) is 41.5 Å². The molecule has 31 heavy (non-hydrogen) atoms. The summed E-state index contributed by atoms with van der Waals surface area (Å²) in [6.45, 7) is 12.7. The number of methoxy groups -OCH3 is 1. The number of aromatic hydroxyl groups is 1. The van der Waals surface area contributed by atoms with Gasteiger partial charge in [0, 0.05) is 34.6 Å². The Balaban J connectivity index is 2.26. The number of nitrogens with zero attached hydrogens (tertiary/aromatic N) is 1. The van der Waals surface area contributed by atoms with E-state index in [0.29, 0.717) is 37.2 Å². The molecule has 0 radical (unpaired) electrons. The van der Waals surface area contributed by atoms with Gasteiger partial charge in [0.1, 0.15) is 5.75 Å². The van der Waals surface area contributed by atoms with Crippen LogP contribution >= 0.6 is 11.8 Å². The number of rotatable bonds is 5. The number of imide groups is 1. The molecule has 2 amide bonds. The average molecular weight is 451 g/mol. The lowest BCUT2D eigenvalue weighted by Crippen LogP contribution is -2.60. The zero-order chi connectivity index (χ0) is 23.6. The van der Waals surface area contributed by atoms with Crippen LogP contribution in [-0.2, 0) is 25.2 Å². The second-order valence-corrected chi connectivity index (χ2v) is 11.4. The topological polar surface area (TPSA) is 80.7 Å². The van der Waals surface area contributed by atoms with Crippen LogP contribution < -0.4 is 0 Å². The van der Waals surface area contributed by atoms with E-state index in [2.05, 4.69) is 41.5 Å². The minimum Gasteiger partial charge on any atom is -0.507 e. The molecule has 172 valence electrons. The molecule has 1 saturated heterocycles. The maximum Gasteiger partial charge on any atom is 0.523 e. The first-order valence-corrected chi connectivity index (χ1v) is 11.7. The van der Waals surface area contributed by atoms with Crippen molar-refractivity contribution in [1.82, 2.24) is 0 Å². The van der Waals surface area contributed by atoms with Gasteiger partial charge < -0.3 is 9.84 Å². The van der Waals surface area contributed by atoms with Gasteiger partial charge in [-0.3, -0.25) is 4.79 Å². The molecule has 1 unspecified atom stereocenters. The van der Waals surface area contributed by atoms with E-state index in [1.807, 2.05) is 12.1 Å². The molecule has 6 nitrogen and oxygen atoms in total. The van der Waals surface area contributed by atoms with Gasteiger partial charge in [0.15, 0.2) is 12.3 Å². The Morgan fingerprint density at radius 2 is 1.71 bits per heavy atom. The van der Waals surface area contributed by atoms with Gasteiger partial charge >= 0.3 is 12.0 Å². The van der Waals surface area contributed by atoms with Gasteiger partial charge in [-0.2, -0.15) is 9.28 Å². The monoisotopic (exact) mass is 450 g/mol. The summed E-state index contributed by atoms with van der Waals surface area (Å²) in [6.07, 6.45) is 1.36. The fraction of sp³-hybridized carbons (Fsp3) is 0.625. The SMILES string of the molecule is COC(=O)[N+]1(C(=O)CCSc2cc(C(C)(C)C)c(O)c(C(C)(C)C)c2)CCC[C@H]1C=O. The van der Waals surface area contributed by atoms with Crippen LogP contribution in [0.25, 0.3) is 0 Å². The van der Waals surface area contributed by atoms with Crippen LogP contribution in [0.5, 0.6) is 5.75 Å². The number of ether oxygens (including phenoxy) is 1. The number of hydrogen-bond donors (Lipinski definition) is 1. The third-order valence-electron chi connectivity index (χ3n) is 5.96. The molecule has 0 aliphatic carbocycles. The molecule has 1 N–H and O–H groups in total. The van der Waals surface area contributed by atoms with Crippen LogP contribution in [0.2, 0.25) is 0 Å². The number of carbonyl (C=O) groups excluding carboxylic acids is 3. The number of benzene rings is 1. The standard InChI is InChI=1S/C24H35NO5S/c1-23(2,3)18-13-17(14-19(21(18)28)24(4,5)6)31-12-10-20(27)25(22(29)30-7)11-8-9-16(25)15-26/h13-16H,8-12H2,1-7H3/p+1/t16-,25?/m0/s1. The number of quaternary nitrogens is 1. The largest absolute Gasteiger partial charge is 0.523 e. The zero-order valence-electron chi connectivity index (χ0n) is 19.8. The van der Waals surface area contributed by atoms with Gasteiger partial charge in [0.05, 0.1) is 20.1 Å². The lowest BCUT2D eigenvalue weighted by Gasteiger charge is -2.30. The van der Waals surface area contributed by atoms with Crippen molar-refractivity contribution in [2.75, 3.05) is 19.4 Å². The third-order valence-corrected chi connectivity index (χ3v) is 6.94. The fourth-order valence-corrected chi connectivity index (χ4v) is 5.11. The highest BCUT2D eigenvalue weighted by Crippen LogP contribution is 2.42. The number of phenols is 1. The molecule has 1 aliphatic heterocycles. The Bertz CT molecular complexity index is 818. The summed E-state index contributed by atoms with van der Waals surface area (Å²) < 4.78 is 4.36. The first kappa shape index (κ1) is 25.4. The normalized spacial score (nSPS) is 21.7. The van der Waals surface area contributed by atoms with Gasteiger partial charge in [-0.05, 0) is 23.0 Å². The van der Waals surface area contributed by atoms with Gasteiger partial charge in [0.25, 0.3) is 0 Å². The maximum atomic E-state index is 13.1. The summed E-state index contributed by atoms with van der Waals surface area (Å²) in [7, 11) is 1.25. The van der Waals surface area contributed by atoms with E-state index in [1.165, 1.54) is 18.9 Å². The van der Waals surface area contributed by atoms with Crippen molar-refractivity contribution in [3.63, 3.8) is 0 Å². The molecular weight excluding hydrogens is 414 g/mol. The Kier molecular flexibility index (Phi) is 7.64. The number of aldehydes is 1. The van der Waals surface area contributed by atoms with E-state index in [0.717, 1.165) is 16.0 Å². The molecule has 0 spiro atoms. The first-order valence-electron chi connectivity index (χ1n) is 10.7. The Labute approximate surface area is 189 Å². The molecule has 0 aromatic heterocycles. The van der Waals surface area contributed by atoms with Crippen molar-refractivity contribution < 1.29 is 28.7 Å². The van der Waals surface area contributed by atoms with Crippen molar-refractivity contribution in [3.8, 4) is 5.75 Å². The first-order chi connectivity index (χ1) is 14.3. The number of phenolic OH excluding ortho intramolecular Hbond substituents is 1. The lowest BCUT2D eigenvalue weighted by molar-refractivity contribution is -0.784. The number of amides is 2. The molecule has 0 saturated carbocycles. The van der Waals surface area contributed by atoms with Crippen LogP contribution in [0.3, 0.4) is 0 Å². The van der Waals surface area contributed by atoms with Crippen molar-refractivity contribution in [1.29, 1.82) is 0 Å². The van der Waals surface area contributed by atoms with Crippen LogP contribution in [0.15, 0.2) is 17.0 Å². The molecular formula is C24H36NO5S+. The number of hydrogen-bond acceptors (Lipinski definition) is 6. The smallest absolute Gasteiger partial charge is 0.507 e. The molecule has 1 aliphatic rings. The highest BCUT2D eigenvalue weighted by molar-refractivity contribution is 7.99. The molecule has 0 bridgehead atoms. The van der Waals surface area contributed by atoms with Crippen LogP contribution in [-0.4, -0.2) is 53.3 Å². The molecule has 1 heterocycles. The minimum atomic E-state index is -0.668. The summed E-state index contributed by atoms with van der Waals surface area (Å²) in [4.78, 5) is 38.1. The molecule has 2 atom stereocenters. The molecule has 1 fully saturated rings. The van der Waals surface area contributed by atoms with Crippen molar-refractivity contribution in [3.05, 3.63) is 23.3 Å². The van der Waals surface area contributed by atoms with E-state index >= 15 is 0 Å². The Hall–Kier alpha value is -1.86. The number of carbonyl (C=O) groups is 3. The average Bonchev–Trinajstić information content (AvgIpc) is 3.11. The predicted octanol–water partition coefficient (Wildman–Crippen LogP) is 4.94. The Morgan fingerprint density at radius 3 is 2.16 bits per heavy atom. The van der Waals surface area contributed by atoms with Crippen LogP contribution in [0, 0.1) is 0 Å². The highest BCUT2D eigenvalue weighted by atomic mass is 32.2. The summed E-state index contributed by atoms with van der Waals surface area (Å²) in [5, 5.41) is 10.9. The molecule has 1 aromatic carbocycles. The van der Waals surface area contributed by atoms with Crippen LogP contribution in [0.1, 0.15) is 71.9 Å².